The van der Waals surface area contributed by atoms with Gasteiger partial charge in [-0.1, -0.05) is 23.2 Å². The number of benzene rings is 1. The van der Waals surface area contributed by atoms with Crippen LogP contribution in [0.25, 0.3) is 0 Å². The van der Waals surface area contributed by atoms with Crippen LogP contribution >= 0.6 is 34.8 Å². The molecule has 0 amide bonds. The molecule has 8 heteroatoms. The summed E-state index contributed by atoms with van der Waals surface area (Å²) in [5.74, 6) is -0.641. The van der Waals surface area contributed by atoms with Crippen LogP contribution in [-0.2, 0) is 10.0 Å². The van der Waals surface area contributed by atoms with E-state index in [9.17, 15) is 12.8 Å². The third-order valence-electron chi connectivity index (χ3n) is 2.19. The zero-order valence-corrected chi connectivity index (χ0v) is 12.5. The van der Waals surface area contributed by atoms with Crippen LogP contribution < -0.4 is 4.72 Å². The minimum atomic E-state index is -3.89. The second-order valence-electron chi connectivity index (χ2n) is 3.67. The molecule has 102 valence electrons. The van der Waals surface area contributed by atoms with Gasteiger partial charge in [-0.25, -0.2) is 17.5 Å². The van der Waals surface area contributed by atoms with E-state index in [4.69, 9.17) is 34.8 Å². The number of sulfonamides is 1. The van der Waals surface area contributed by atoms with Gasteiger partial charge in [0.15, 0.2) is 5.82 Å². The quantitative estimate of drug-likeness (QED) is 0.662. The molecule has 0 aromatic heterocycles. The molecule has 0 saturated carbocycles. The average Bonchev–Trinajstić information content (AvgIpc) is 2.25. The van der Waals surface area contributed by atoms with Crippen LogP contribution in [0.2, 0.25) is 10.0 Å². The zero-order valence-electron chi connectivity index (χ0n) is 9.38. The molecule has 0 aliphatic heterocycles. The van der Waals surface area contributed by atoms with Crippen molar-refractivity contribution in [2.45, 2.75) is 24.3 Å². The third kappa shape index (κ3) is 3.71. The van der Waals surface area contributed by atoms with E-state index in [-0.39, 0.29) is 16.0 Å². The molecule has 0 fully saturated rings. The molecule has 0 radical (unpaired) electrons. The lowest BCUT2D eigenvalue weighted by Crippen LogP contribution is -2.33. The van der Waals surface area contributed by atoms with Gasteiger partial charge in [0.05, 0.1) is 10.0 Å². The summed E-state index contributed by atoms with van der Waals surface area (Å²) in [5, 5.41) is -0.749. The van der Waals surface area contributed by atoms with Gasteiger partial charge in [0, 0.05) is 11.9 Å². The minimum absolute atomic E-state index is 0.229. The van der Waals surface area contributed by atoms with Crippen molar-refractivity contribution in [2.75, 3.05) is 5.88 Å². The molecule has 3 nitrogen and oxygen atoms in total. The molecule has 1 aromatic carbocycles. The van der Waals surface area contributed by atoms with Gasteiger partial charge in [0.1, 0.15) is 4.90 Å². The summed E-state index contributed by atoms with van der Waals surface area (Å²) < 4.78 is 39.7. The summed E-state index contributed by atoms with van der Waals surface area (Å²) in [5.41, 5.74) is 0. The molecule has 1 N–H and O–H groups in total. The summed E-state index contributed by atoms with van der Waals surface area (Å²) in [4.78, 5) is -0.340. The highest BCUT2D eigenvalue weighted by molar-refractivity contribution is 7.89. The van der Waals surface area contributed by atoms with Gasteiger partial charge in [-0.2, -0.15) is 0 Å². The first-order valence-corrected chi connectivity index (χ1v) is 7.78. The maximum absolute atomic E-state index is 13.4. The Hall–Kier alpha value is -0.0700. The van der Waals surface area contributed by atoms with Gasteiger partial charge in [0.2, 0.25) is 10.0 Å². The lowest BCUT2D eigenvalue weighted by molar-refractivity contribution is 0.554. The predicted octanol–water partition coefficient (Wildman–Crippen LogP) is 3.43. The lowest BCUT2D eigenvalue weighted by atomic mass is 10.3. The Balaban J connectivity index is 3.10. The number of alkyl halides is 1. The van der Waals surface area contributed by atoms with Crippen molar-refractivity contribution in [3.8, 4) is 0 Å². The maximum atomic E-state index is 13.4. The van der Waals surface area contributed by atoms with Crippen molar-refractivity contribution >= 4 is 44.8 Å². The van der Waals surface area contributed by atoms with E-state index in [0.29, 0.717) is 12.3 Å². The van der Waals surface area contributed by atoms with Gasteiger partial charge in [-0.3, -0.25) is 0 Å². The molecular formula is C10H11Cl3FNO2S. The first-order valence-electron chi connectivity index (χ1n) is 5.01. The molecule has 0 heterocycles. The fourth-order valence-corrected chi connectivity index (χ4v) is 3.62. The second-order valence-corrected chi connectivity index (χ2v) is 6.52. The van der Waals surface area contributed by atoms with E-state index >= 15 is 0 Å². The van der Waals surface area contributed by atoms with E-state index < -0.39 is 20.9 Å². The molecule has 1 atom stereocenters. The Morgan fingerprint density at radius 2 is 2.00 bits per heavy atom. The number of nitrogens with one attached hydrogen (secondary N) is 1. The highest BCUT2D eigenvalue weighted by atomic mass is 35.5. The third-order valence-corrected chi connectivity index (χ3v) is 4.81. The Morgan fingerprint density at radius 1 is 1.39 bits per heavy atom. The normalized spacial score (nSPS) is 13.6. The molecule has 0 spiro atoms. The van der Waals surface area contributed by atoms with Crippen LogP contribution in [-0.4, -0.2) is 20.3 Å². The Morgan fingerprint density at radius 3 is 2.56 bits per heavy atom. The van der Waals surface area contributed by atoms with Gasteiger partial charge >= 0.3 is 0 Å². The van der Waals surface area contributed by atoms with E-state index in [2.05, 4.69) is 4.72 Å². The monoisotopic (exact) mass is 333 g/mol. The average molecular weight is 335 g/mol. The van der Waals surface area contributed by atoms with Crippen molar-refractivity contribution in [1.29, 1.82) is 0 Å². The van der Waals surface area contributed by atoms with Crippen molar-refractivity contribution in [1.82, 2.24) is 4.72 Å². The maximum Gasteiger partial charge on any atom is 0.242 e. The highest BCUT2D eigenvalue weighted by Gasteiger charge is 2.23. The predicted molar refractivity (Wildman–Crippen MR) is 71.5 cm³/mol. The fraction of sp³-hybridized carbons (Fsp3) is 0.400. The number of hydrogen-bond acceptors (Lipinski definition) is 2. The molecule has 1 aromatic rings. The van der Waals surface area contributed by atoms with Crippen LogP contribution in [0.1, 0.15) is 13.3 Å². The standard InChI is InChI=1S/C10H11Cl3FNO2S/c1-6(4-5-11)15-18(16,17)8-3-2-7(12)10(14)9(8)13/h2-3,6,15H,4-5H2,1H3. The summed E-state index contributed by atoms with van der Waals surface area (Å²) in [6.45, 7) is 1.65. The molecule has 0 saturated heterocycles. The zero-order chi connectivity index (χ0) is 13.9. The van der Waals surface area contributed by atoms with Crippen molar-refractivity contribution in [3.63, 3.8) is 0 Å². The van der Waals surface area contributed by atoms with Gasteiger partial charge < -0.3 is 0 Å². The number of rotatable bonds is 5. The van der Waals surface area contributed by atoms with Crippen LogP contribution in [0.5, 0.6) is 0 Å². The van der Waals surface area contributed by atoms with Crippen molar-refractivity contribution in [3.05, 3.63) is 28.0 Å². The fourth-order valence-electron chi connectivity index (χ4n) is 1.27. The smallest absolute Gasteiger partial charge is 0.208 e. The molecule has 0 bridgehead atoms. The SMILES string of the molecule is CC(CCCl)NS(=O)(=O)c1ccc(Cl)c(F)c1Cl. The largest absolute Gasteiger partial charge is 0.242 e. The van der Waals surface area contributed by atoms with Gasteiger partial charge in [-0.15, -0.1) is 11.6 Å². The van der Waals surface area contributed by atoms with Gasteiger partial charge in [-0.05, 0) is 25.5 Å². The highest BCUT2D eigenvalue weighted by Crippen LogP contribution is 2.29. The first kappa shape index (κ1) is 16.0. The Labute approximate surface area is 120 Å². The van der Waals surface area contributed by atoms with Crippen molar-refractivity contribution in [2.24, 2.45) is 0 Å². The van der Waals surface area contributed by atoms with Crippen LogP contribution in [0.4, 0.5) is 4.39 Å². The minimum Gasteiger partial charge on any atom is -0.208 e. The molecule has 0 aliphatic rings. The van der Waals surface area contributed by atoms with E-state index in [0.717, 1.165) is 12.1 Å². The van der Waals surface area contributed by atoms with Crippen LogP contribution in [0.3, 0.4) is 0 Å². The molecule has 18 heavy (non-hydrogen) atoms. The molecule has 1 unspecified atom stereocenters. The molecular weight excluding hydrogens is 324 g/mol. The summed E-state index contributed by atoms with van der Waals surface area (Å²) in [7, 11) is -3.89. The second kappa shape index (κ2) is 6.39. The van der Waals surface area contributed by atoms with E-state index in [1.165, 1.54) is 0 Å². The molecule has 1 rings (SSSR count). The van der Waals surface area contributed by atoms with E-state index in [1.807, 2.05) is 0 Å². The number of halogens is 4. The number of hydrogen-bond donors (Lipinski definition) is 1. The van der Waals surface area contributed by atoms with E-state index in [1.54, 1.807) is 6.92 Å². The lowest BCUT2D eigenvalue weighted by Gasteiger charge is -2.14. The first-order chi connectivity index (χ1) is 8.29. The van der Waals surface area contributed by atoms with Crippen molar-refractivity contribution < 1.29 is 12.8 Å². The molecule has 0 aliphatic carbocycles. The van der Waals surface area contributed by atoms with Gasteiger partial charge in [0.25, 0.3) is 0 Å². The van der Waals surface area contributed by atoms with Crippen LogP contribution in [0.15, 0.2) is 17.0 Å². The van der Waals surface area contributed by atoms with Crippen LogP contribution in [0, 0.1) is 5.82 Å². The summed E-state index contributed by atoms with van der Waals surface area (Å²) in [6.07, 6.45) is 0.453. The summed E-state index contributed by atoms with van der Waals surface area (Å²) >= 11 is 16.6. The Kier molecular flexibility index (Phi) is 5.67. The topological polar surface area (TPSA) is 46.2 Å². The summed E-state index contributed by atoms with van der Waals surface area (Å²) in [6, 6.07) is 1.93. The Bertz CT molecular complexity index is 536.